The summed E-state index contributed by atoms with van der Waals surface area (Å²) in [5.74, 6) is 0. The van der Waals surface area contributed by atoms with Crippen molar-refractivity contribution in [2.45, 2.75) is 44.9 Å². The fraction of sp³-hybridized carbons (Fsp3) is 0.900. The normalized spacial score (nSPS) is 31.1. The smallest absolute Gasteiger partial charge is 0.410 e. The van der Waals surface area contributed by atoms with Crippen molar-refractivity contribution in [1.82, 2.24) is 8.01 Å². The number of carbonyl (C=O) groups excluding carboxylic acids is 1. The number of halogens is 1. The molecular formula is C10H17IN2O2. The van der Waals surface area contributed by atoms with Gasteiger partial charge in [-0.25, -0.2) is 7.91 Å². The molecule has 0 aromatic carbocycles. The maximum atomic E-state index is 11.8. The Morgan fingerprint density at radius 1 is 1.33 bits per heavy atom. The molecule has 86 valence electrons. The molecule has 0 spiro atoms. The molecule has 2 fully saturated rings. The molecule has 0 radical (unpaired) electrons. The standard InChI is InChI=1S/C10H17IN2O2/c1-10(2,3)15-9(14)12-5-8-4-7(12)6-13(8)11/h7-8H,4-6H2,1-3H3. The first kappa shape index (κ1) is 11.4. The molecule has 2 atom stereocenters. The van der Waals surface area contributed by atoms with Gasteiger partial charge < -0.3 is 9.64 Å². The van der Waals surface area contributed by atoms with E-state index in [1.54, 1.807) is 0 Å². The van der Waals surface area contributed by atoms with E-state index in [1.165, 1.54) is 0 Å². The highest BCUT2D eigenvalue weighted by Crippen LogP contribution is 2.33. The molecule has 0 aromatic heterocycles. The van der Waals surface area contributed by atoms with Crippen molar-refractivity contribution in [1.29, 1.82) is 0 Å². The molecule has 1 amide bonds. The summed E-state index contributed by atoms with van der Waals surface area (Å²) < 4.78 is 7.67. The lowest BCUT2D eigenvalue weighted by Gasteiger charge is -2.32. The number of amides is 1. The number of fused-ring (bicyclic) bond motifs is 2. The summed E-state index contributed by atoms with van der Waals surface area (Å²) in [5.41, 5.74) is -0.386. The SMILES string of the molecule is CC(C)(C)OC(=O)N1CC2CC1CN2I. The molecule has 2 aliphatic rings. The van der Waals surface area contributed by atoms with Crippen LogP contribution in [0.4, 0.5) is 4.79 Å². The molecule has 2 bridgehead atoms. The highest BCUT2D eigenvalue weighted by molar-refractivity contribution is 14.1. The molecule has 15 heavy (non-hydrogen) atoms. The average Bonchev–Trinajstić information content (AvgIpc) is 2.58. The van der Waals surface area contributed by atoms with Crippen LogP contribution in [0.15, 0.2) is 0 Å². The molecule has 2 rings (SSSR count). The maximum Gasteiger partial charge on any atom is 0.410 e. The second-order valence-corrected chi connectivity index (χ2v) is 6.50. The third-order valence-electron chi connectivity index (χ3n) is 2.80. The van der Waals surface area contributed by atoms with E-state index in [-0.39, 0.29) is 11.7 Å². The minimum atomic E-state index is -0.386. The van der Waals surface area contributed by atoms with E-state index >= 15 is 0 Å². The van der Waals surface area contributed by atoms with Crippen molar-refractivity contribution in [3.05, 3.63) is 0 Å². The van der Waals surface area contributed by atoms with Gasteiger partial charge in [-0.2, -0.15) is 0 Å². The first-order valence-electron chi connectivity index (χ1n) is 5.29. The summed E-state index contributed by atoms with van der Waals surface area (Å²) in [6, 6.07) is 0.893. The summed E-state index contributed by atoms with van der Waals surface area (Å²) in [6.07, 6.45) is 0.946. The van der Waals surface area contributed by atoms with Crippen molar-refractivity contribution >= 4 is 29.0 Å². The Bertz CT molecular complexity index is 275. The van der Waals surface area contributed by atoms with Gasteiger partial charge in [-0.1, -0.05) is 0 Å². The van der Waals surface area contributed by atoms with Crippen LogP contribution in [0.1, 0.15) is 27.2 Å². The van der Waals surface area contributed by atoms with Crippen LogP contribution in [0.2, 0.25) is 0 Å². The van der Waals surface area contributed by atoms with Gasteiger partial charge in [0.1, 0.15) is 5.60 Å². The van der Waals surface area contributed by atoms with Crippen LogP contribution in [-0.2, 0) is 4.74 Å². The number of ether oxygens (including phenoxy) is 1. The van der Waals surface area contributed by atoms with E-state index in [2.05, 4.69) is 26.0 Å². The van der Waals surface area contributed by atoms with Gasteiger partial charge in [0.15, 0.2) is 0 Å². The predicted molar refractivity (Wildman–Crippen MR) is 65.9 cm³/mol. The molecule has 2 aliphatic heterocycles. The van der Waals surface area contributed by atoms with Crippen LogP contribution in [-0.4, -0.2) is 44.9 Å². The van der Waals surface area contributed by atoms with Gasteiger partial charge >= 0.3 is 6.09 Å². The first-order chi connectivity index (χ1) is 6.87. The topological polar surface area (TPSA) is 32.8 Å². The van der Waals surface area contributed by atoms with E-state index in [9.17, 15) is 4.79 Å². The third kappa shape index (κ3) is 2.38. The quantitative estimate of drug-likeness (QED) is 0.505. The third-order valence-corrected chi connectivity index (χ3v) is 3.98. The Hall–Kier alpha value is -0.0400. The number of likely N-dealkylation sites (tertiary alicyclic amines) is 1. The Balaban J connectivity index is 1.94. The zero-order valence-corrected chi connectivity index (χ0v) is 11.5. The van der Waals surface area contributed by atoms with Gasteiger partial charge in [-0.3, -0.25) is 0 Å². The van der Waals surface area contributed by atoms with Crippen LogP contribution in [0.25, 0.3) is 0 Å². The average molecular weight is 324 g/mol. The minimum absolute atomic E-state index is 0.153. The summed E-state index contributed by atoms with van der Waals surface area (Å²) in [6.45, 7) is 7.52. The highest BCUT2D eigenvalue weighted by Gasteiger charge is 2.45. The molecule has 0 aliphatic carbocycles. The Morgan fingerprint density at radius 2 is 2.00 bits per heavy atom. The lowest BCUT2D eigenvalue weighted by atomic mass is 10.2. The van der Waals surface area contributed by atoms with E-state index < -0.39 is 0 Å². The fourth-order valence-electron chi connectivity index (χ4n) is 2.16. The molecule has 0 saturated carbocycles. The molecular weight excluding hydrogens is 307 g/mol. The second-order valence-electron chi connectivity index (χ2n) is 5.26. The van der Waals surface area contributed by atoms with Crippen LogP contribution >= 0.6 is 22.9 Å². The molecule has 2 heterocycles. The van der Waals surface area contributed by atoms with E-state index in [4.69, 9.17) is 4.74 Å². The summed E-state index contributed by atoms with van der Waals surface area (Å²) >= 11 is 2.34. The number of rotatable bonds is 0. The predicted octanol–water partition coefficient (Wildman–Crippen LogP) is 2.03. The monoisotopic (exact) mass is 324 g/mol. The second kappa shape index (κ2) is 3.76. The molecule has 0 N–H and O–H groups in total. The molecule has 5 heteroatoms. The molecule has 0 aromatic rings. The summed E-state index contributed by atoms with van der Waals surface area (Å²) in [7, 11) is 0. The van der Waals surface area contributed by atoms with Gasteiger partial charge in [0, 0.05) is 42.0 Å². The zero-order valence-electron chi connectivity index (χ0n) is 9.36. The van der Waals surface area contributed by atoms with E-state index in [0.29, 0.717) is 12.1 Å². The highest BCUT2D eigenvalue weighted by atomic mass is 127. The lowest BCUT2D eigenvalue weighted by molar-refractivity contribution is 0.0183. The number of hydrogen-bond donors (Lipinski definition) is 0. The molecule has 2 unspecified atom stereocenters. The van der Waals surface area contributed by atoms with Crippen LogP contribution in [0.5, 0.6) is 0 Å². The lowest BCUT2D eigenvalue weighted by Crippen LogP contribution is -2.47. The van der Waals surface area contributed by atoms with Crippen LogP contribution in [0.3, 0.4) is 0 Å². The number of nitrogens with zero attached hydrogens (tertiary/aromatic N) is 2. The van der Waals surface area contributed by atoms with Crippen LogP contribution in [0, 0.1) is 0 Å². The minimum Gasteiger partial charge on any atom is -0.444 e. The van der Waals surface area contributed by atoms with E-state index in [1.807, 2.05) is 25.7 Å². The van der Waals surface area contributed by atoms with Gasteiger partial charge in [0.2, 0.25) is 0 Å². The first-order valence-corrected chi connectivity index (χ1v) is 6.25. The van der Waals surface area contributed by atoms with Crippen molar-refractivity contribution < 1.29 is 9.53 Å². The largest absolute Gasteiger partial charge is 0.444 e. The maximum absolute atomic E-state index is 11.8. The fourth-order valence-corrected chi connectivity index (χ4v) is 3.02. The van der Waals surface area contributed by atoms with Crippen molar-refractivity contribution in [2.24, 2.45) is 0 Å². The Kier molecular flexibility index (Phi) is 2.87. The van der Waals surface area contributed by atoms with Crippen LogP contribution < -0.4 is 0 Å². The summed E-state index contributed by atoms with van der Waals surface area (Å²) in [5, 5.41) is 0. The van der Waals surface area contributed by atoms with E-state index in [0.717, 1.165) is 19.5 Å². The zero-order chi connectivity index (χ0) is 11.2. The van der Waals surface area contributed by atoms with Gasteiger partial charge in [0.25, 0.3) is 0 Å². The van der Waals surface area contributed by atoms with Gasteiger partial charge in [0.05, 0.1) is 6.04 Å². The number of piperazine rings is 1. The van der Waals surface area contributed by atoms with Crippen molar-refractivity contribution in [3.8, 4) is 0 Å². The summed E-state index contributed by atoms with van der Waals surface area (Å²) in [4.78, 5) is 13.7. The van der Waals surface area contributed by atoms with Crippen molar-refractivity contribution in [2.75, 3.05) is 13.1 Å². The molecule has 4 nitrogen and oxygen atoms in total. The van der Waals surface area contributed by atoms with Gasteiger partial charge in [-0.05, 0) is 27.2 Å². The Morgan fingerprint density at radius 3 is 2.40 bits per heavy atom. The van der Waals surface area contributed by atoms with Crippen molar-refractivity contribution in [3.63, 3.8) is 0 Å². The number of carbonyl (C=O) groups is 1. The van der Waals surface area contributed by atoms with Gasteiger partial charge in [-0.15, -0.1) is 0 Å². The molecule has 2 saturated heterocycles. The number of hydrogen-bond acceptors (Lipinski definition) is 3. The Labute approximate surface area is 104 Å².